The van der Waals surface area contributed by atoms with Gasteiger partial charge >= 0.3 is 6.09 Å². The molecule has 0 unspecified atom stereocenters. The Bertz CT molecular complexity index is 794. The maximum atomic E-state index is 11.9. The quantitative estimate of drug-likeness (QED) is 0.458. The third-order valence-corrected chi connectivity index (χ3v) is 3.45. The van der Waals surface area contributed by atoms with E-state index >= 15 is 0 Å². The summed E-state index contributed by atoms with van der Waals surface area (Å²) in [6.07, 6.45) is 6.37. The summed E-state index contributed by atoms with van der Waals surface area (Å²) in [5.74, 6) is 2.45. The minimum absolute atomic E-state index is 0.0989. The van der Waals surface area contributed by atoms with Gasteiger partial charge in [-0.3, -0.25) is 4.90 Å². The summed E-state index contributed by atoms with van der Waals surface area (Å²) in [6.45, 7) is 2.49. The minimum atomic E-state index is -0.528. The number of nitrogens with zero attached hydrogens (tertiary/aromatic N) is 2. The average molecular weight is 336 g/mol. The largest absolute Gasteiger partial charge is 0.452 e. The molecule has 5 heteroatoms. The van der Waals surface area contributed by atoms with Crippen LogP contribution >= 0.6 is 0 Å². The maximum Gasteiger partial charge on any atom is 0.414 e. The van der Waals surface area contributed by atoms with Crippen molar-refractivity contribution >= 4 is 18.0 Å². The highest BCUT2D eigenvalue weighted by molar-refractivity contribution is 5.96. The van der Waals surface area contributed by atoms with Gasteiger partial charge in [0, 0.05) is 5.56 Å². The number of para-hydroxylation sites is 1. The van der Waals surface area contributed by atoms with Crippen molar-refractivity contribution in [1.82, 2.24) is 0 Å². The maximum absolute atomic E-state index is 11.9. The smallest absolute Gasteiger partial charge is 0.414 e. The van der Waals surface area contributed by atoms with Crippen LogP contribution in [0.1, 0.15) is 16.7 Å². The molecule has 0 saturated carbocycles. The van der Waals surface area contributed by atoms with Gasteiger partial charge in [-0.1, -0.05) is 59.1 Å². The molecular weight excluding hydrogens is 316 g/mol. The number of ether oxygens (including phenoxy) is 1. The van der Waals surface area contributed by atoms with Crippen LogP contribution in [0, 0.1) is 19.3 Å². The van der Waals surface area contributed by atoms with E-state index in [1.165, 1.54) is 17.6 Å². The minimum Gasteiger partial charge on any atom is -0.452 e. The second-order valence-corrected chi connectivity index (χ2v) is 5.32. The zero-order valence-corrected chi connectivity index (χ0v) is 14.3. The molecule has 0 radical (unpaired) electrons. The molecule has 25 heavy (non-hydrogen) atoms. The van der Waals surface area contributed by atoms with Crippen LogP contribution in [0.15, 0.2) is 53.7 Å². The van der Waals surface area contributed by atoms with Crippen LogP contribution in [-0.4, -0.2) is 26.0 Å². The Labute approximate surface area is 147 Å². The van der Waals surface area contributed by atoms with E-state index < -0.39 is 6.09 Å². The molecule has 0 aliphatic rings. The number of carbonyl (C=O) groups excluding carboxylic acids is 1. The number of benzene rings is 2. The summed E-state index contributed by atoms with van der Waals surface area (Å²) in [5, 5.41) is 4.00. The lowest BCUT2D eigenvalue weighted by molar-refractivity contribution is 0.132. The lowest BCUT2D eigenvalue weighted by Crippen LogP contribution is -2.31. The van der Waals surface area contributed by atoms with Gasteiger partial charge in [0.2, 0.25) is 0 Å². The summed E-state index contributed by atoms with van der Waals surface area (Å²) in [6, 6.07) is 15.3. The summed E-state index contributed by atoms with van der Waals surface area (Å²) in [4.78, 5) is 18.7. The van der Waals surface area contributed by atoms with E-state index in [0.29, 0.717) is 17.9 Å². The van der Waals surface area contributed by atoms with Gasteiger partial charge < -0.3 is 9.57 Å². The first-order valence-electron chi connectivity index (χ1n) is 7.74. The SMILES string of the molecule is C#CCN(C(=O)OC)c1ccccc1/C=N/OCc1cccc(C)c1. The number of hydrogen-bond acceptors (Lipinski definition) is 4. The third-order valence-electron chi connectivity index (χ3n) is 3.45. The molecule has 0 aliphatic heterocycles. The predicted molar refractivity (Wildman–Crippen MR) is 98.6 cm³/mol. The van der Waals surface area contributed by atoms with Crippen LogP contribution in [0.4, 0.5) is 10.5 Å². The standard InChI is InChI=1S/C20H20N2O3/c1-4-12-22(20(23)24-3)19-11-6-5-10-18(19)14-21-25-15-17-9-7-8-16(2)13-17/h1,5-11,13-14H,12,15H2,2-3H3/b21-14+. The molecule has 0 saturated heterocycles. The van der Waals surface area contributed by atoms with E-state index in [2.05, 4.69) is 11.1 Å². The van der Waals surface area contributed by atoms with E-state index in [4.69, 9.17) is 16.0 Å². The highest BCUT2D eigenvalue weighted by Gasteiger charge is 2.17. The molecule has 5 nitrogen and oxygen atoms in total. The topological polar surface area (TPSA) is 51.1 Å². The van der Waals surface area contributed by atoms with E-state index in [9.17, 15) is 4.79 Å². The molecule has 2 aromatic carbocycles. The Hall–Kier alpha value is -3.26. The van der Waals surface area contributed by atoms with Gasteiger partial charge in [0.15, 0.2) is 0 Å². The second kappa shape index (κ2) is 9.14. The van der Waals surface area contributed by atoms with Crippen molar-refractivity contribution in [2.24, 2.45) is 5.16 Å². The zero-order chi connectivity index (χ0) is 18.1. The highest BCUT2D eigenvalue weighted by Crippen LogP contribution is 2.19. The Balaban J connectivity index is 2.11. The van der Waals surface area contributed by atoms with Crippen molar-refractivity contribution < 1.29 is 14.4 Å². The lowest BCUT2D eigenvalue weighted by atomic mass is 10.1. The molecule has 1 amide bonds. The first-order valence-corrected chi connectivity index (χ1v) is 7.74. The van der Waals surface area contributed by atoms with Gasteiger partial charge in [-0.25, -0.2) is 4.79 Å². The number of hydrogen-bond donors (Lipinski definition) is 0. The highest BCUT2D eigenvalue weighted by atomic mass is 16.6. The number of amides is 1. The number of aryl methyl sites for hydroxylation is 1. The zero-order valence-electron chi connectivity index (χ0n) is 14.3. The Morgan fingerprint density at radius 1 is 1.28 bits per heavy atom. The first kappa shape index (κ1) is 18.1. The number of carbonyl (C=O) groups is 1. The van der Waals surface area contributed by atoms with Crippen molar-refractivity contribution in [1.29, 1.82) is 0 Å². The number of oxime groups is 1. The molecule has 0 heterocycles. The van der Waals surface area contributed by atoms with Gasteiger partial charge in [-0.15, -0.1) is 6.42 Å². The normalized spacial score (nSPS) is 10.3. The molecule has 0 aromatic heterocycles. The van der Waals surface area contributed by atoms with Crippen LogP contribution in [0.25, 0.3) is 0 Å². The lowest BCUT2D eigenvalue weighted by Gasteiger charge is -2.20. The summed E-state index contributed by atoms with van der Waals surface area (Å²) < 4.78 is 4.78. The van der Waals surface area contributed by atoms with Crippen molar-refractivity contribution in [3.63, 3.8) is 0 Å². The first-order chi connectivity index (χ1) is 12.2. The fourth-order valence-corrected chi connectivity index (χ4v) is 2.30. The fourth-order valence-electron chi connectivity index (χ4n) is 2.30. The Morgan fingerprint density at radius 3 is 2.80 bits per heavy atom. The molecule has 0 fully saturated rings. The summed E-state index contributed by atoms with van der Waals surface area (Å²) in [5.41, 5.74) is 3.51. The number of terminal acetylenes is 1. The van der Waals surface area contributed by atoms with Crippen LogP contribution in [0.3, 0.4) is 0 Å². The van der Waals surface area contributed by atoms with Gasteiger partial charge in [-0.05, 0) is 18.6 Å². The monoisotopic (exact) mass is 336 g/mol. The molecule has 0 N–H and O–H groups in total. The molecule has 0 aliphatic carbocycles. The summed E-state index contributed by atoms with van der Waals surface area (Å²) >= 11 is 0. The number of methoxy groups -OCH3 is 1. The number of anilines is 1. The van der Waals surface area contributed by atoms with Crippen LogP contribution in [0.5, 0.6) is 0 Å². The van der Waals surface area contributed by atoms with Gasteiger partial charge in [-0.2, -0.15) is 0 Å². The van der Waals surface area contributed by atoms with Crippen molar-refractivity contribution in [3.05, 3.63) is 65.2 Å². The molecule has 2 rings (SSSR count). The van der Waals surface area contributed by atoms with Gasteiger partial charge in [0.25, 0.3) is 0 Å². The molecule has 0 bridgehead atoms. The Kier molecular flexibility index (Phi) is 6.61. The molecule has 0 atom stereocenters. The van der Waals surface area contributed by atoms with E-state index in [1.54, 1.807) is 12.3 Å². The molecular formula is C20H20N2O3. The van der Waals surface area contributed by atoms with Crippen LogP contribution in [-0.2, 0) is 16.2 Å². The number of rotatable bonds is 6. The average Bonchev–Trinajstić information content (AvgIpc) is 2.63. The van der Waals surface area contributed by atoms with Crippen molar-refractivity contribution in [2.45, 2.75) is 13.5 Å². The van der Waals surface area contributed by atoms with E-state index in [0.717, 1.165) is 5.56 Å². The van der Waals surface area contributed by atoms with Crippen LogP contribution in [0.2, 0.25) is 0 Å². The van der Waals surface area contributed by atoms with Gasteiger partial charge in [0.1, 0.15) is 6.61 Å². The summed E-state index contributed by atoms with van der Waals surface area (Å²) in [7, 11) is 1.31. The predicted octanol–water partition coefficient (Wildman–Crippen LogP) is 3.75. The van der Waals surface area contributed by atoms with Crippen molar-refractivity contribution in [3.8, 4) is 12.3 Å². The fraction of sp³-hybridized carbons (Fsp3) is 0.200. The van der Waals surface area contributed by atoms with E-state index in [1.807, 2.05) is 49.4 Å². The third kappa shape index (κ3) is 5.11. The molecule has 2 aromatic rings. The molecule has 128 valence electrons. The van der Waals surface area contributed by atoms with Gasteiger partial charge in [0.05, 0.1) is 25.6 Å². The van der Waals surface area contributed by atoms with Crippen molar-refractivity contribution in [2.75, 3.05) is 18.6 Å². The van der Waals surface area contributed by atoms with E-state index in [-0.39, 0.29) is 6.54 Å². The molecule has 0 spiro atoms. The Morgan fingerprint density at radius 2 is 2.08 bits per heavy atom. The van der Waals surface area contributed by atoms with Crippen LogP contribution < -0.4 is 4.90 Å². The second-order valence-electron chi connectivity index (χ2n) is 5.32.